The van der Waals surface area contributed by atoms with Crippen LogP contribution in [0.25, 0.3) is 0 Å². The Morgan fingerprint density at radius 2 is 1.44 bits per heavy atom. The molecule has 1 aromatic carbocycles. The van der Waals surface area contributed by atoms with Gasteiger partial charge in [-0.15, -0.1) is 0 Å². The molecular formula is C16H28O2. The topological polar surface area (TPSA) is 51.7 Å². The smallest absolute Gasteiger partial charge is 0.0540 e. The molecule has 0 radical (unpaired) electrons. The lowest BCUT2D eigenvalue weighted by atomic mass is 9.87. The van der Waals surface area contributed by atoms with Crippen molar-refractivity contribution in [1.29, 1.82) is 0 Å². The fourth-order valence-corrected chi connectivity index (χ4v) is 2.02. The van der Waals surface area contributed by atoms with Crippen molar-refractivity contribution in [2.75, 3.05) is 0 Å². The summed E-state index contributed by atoms with van der Waals surface area (Å²) in [5.74, 6) is 0. The van der Waals surface area contributed by atoms with Crippen LogP contribution in [0.3, 0.4) is 0 Å². The predicted octanol–water partition coefficient (Wildman–Crippen LogP) is 3.47. The Kier molecular flexibility index (Phi) is 7.88. The van der Waals surface area contributed by atoms with Gasteiger partial charge >= 0.3 is 0 Å². The highest BCUT2D eigenvalue weighted by atomic mass is 16.3. The molecule has 104 valence electrons. The van der Waals surface area contributed by atoms with Gasteiger partial charge in [-0.05, 0) is 23.8 Å². The van der Waals surface area contributed by atoms with E-state index in [9.17, 15) is 0 Å². The maximum absolute atomic E-state index is 8.91. The average Bonchev–Trinajstić information content (AvgIpc) is 2.31. The molecule has 1 aromatic rings. The lowest BCUT2D eigenvalue weighted by molar-refractivity contribution is 0.130. The van der Waals surface area contributed by atoms with E-state index in [0.717, 1.165) is 12.8 Å². The Balaban J connectivity index is 0.000000321. The molecule has 0 spiro atoms. The van der Waals surface area contributed by atoms with Crippen molar-refractivity contribution in [1.82, 2.24) is 0 Å². The van der Waals surface area contributed by atoms with Crippen LogP contribution < -0.4 is 0 Å². The lowest BCUT2D eigenvalue weighted by Gasteiger charge is -2.18. The fourth-order valence-electron chi connectivity index (χ4n) is 2.02. The highest BCUT2D eigenvalue weighted by Crippen LogP contribution is 2.20. The fraction of sp³-hybridized carbons (Fsp3) is 0.625. The standard InChI is InChI=1S/C10H14.C6H12O.H2O/c1-10(2,3)9-7-5-4-6-8-9;7-6-4-2-1-3-5-6;/h4-8H,1-3H3;6-7H,1-5H2;1H2. The summed E-state index contributed by atoms with van der Waals surface area (Å²) in [6, 6.07) is 10.6. The molecule has 0 heterocycles. The molecule has 2 nitrogen and oxygen atoms in total. The molecular weight excluding hydrogens is 224 g/mol. The summed E-state index contributed by atoms with van der Waals surface area (Å²) in [6.45, 7) is 6.67. The molecule has 3 N–H and O–H groups in total. The number of rotatable bonds is 0. The second kappa shape index (κ2) is 8.28. The van der Waals surface area contributed by atoms with E-state index >= 15 is 0 Å². The number of benzene rings is 1. The summed E-state index contributed by atoms with van der Waals surface area (Å²) < 4.78 is 0. The second-order valence-electron chi connectivity index (χ2n) is 5.91. The molecule has 0 bridgehead atoms. The highest BCUT2D eigenvalue weighted by Gasteiger charge is 2.11. The van der Waals surface area contributed by atoms with Crippen LogP contribution in [0.2, 0.25) is 0 Å². The first-order valence-corrected chi connectivity index (χ1v) is 6.74. The van der Waals surface area contributed by atoms with Crippen LogP contribution >= 0.6 is 0 Å². The van der Waals surface area contributed by atoms with E-state index in [1.807, 2.05) is 0 Å². The maximum atomic E-state index is 8.91. The molecule has 0 atom stereocenters. The molecule has 2 rings (SSSR count). The minimum atomic E-state index is 0. The molecule has 0 aromatic heterocycles. The van der Waals surface area contributed by atoms with Gasteiger partial charge in [-0.3, -0.25) is 0 Å². The van der Waals surface area contributed by atoms with Gasteiger partial charge in [-0.2, -0.15) is 0 Å². The van der Waals surface area contributed by atoms with E-state index in [-0.39, 0.29) is 11.6 Å². The third-order valence-electron chi connectivity index (χ3n) is 3.21. The van der Waals surface area contributed by atoms with Gasteiger partial charge in [0.15, 0.2) is 0 Å². The Morgan fingerprint density at radius 1 is 0.944 bits per heavy atom. The summed E-state index contributed by atoms with van der Waals surface area (Å²) in [5, 5.41) is 8.91. The number of aliphatic hydroxyl groups is 1. The summed E-state index contributed by atoms with van der Waals surface area (Å²) in [7, 11) is 0. The van der Waals surface area contributed by atoms with Crippen molar-refractivity contribution in [2.24, 2.45) is 0 Å². The van der Waals surface area contributed by atoms with E-state index < -0.39 is 0 Å². The molecule has 0 aliphatic heterocycles. The number of hydrogen-bond acceptors (Lipinski definition) is 1. The van der Waals surface area contributed by atoms with Crippen LogP contribution in [0.1, 0.15) is 58.4 Å². The minimum absolute atomic E-state index is 0. The van der Waals surface area contributed by atoms with Gasteiger partial charge in [-0.1, -0.05) is 70.4 Å². The van der Waals surface area contributed by atoms with Crippen LogP contribution in [-0.2, 0) is 5.41 Å². The summed E-state index contributed by atoms with van der Waals surface area (Å²) >= 11 is 0. The maximum Gasteiger partial charge on any atom is 0.0540 e. The first-order valence-electron chi connectivity index (χ1n) is 6.74. The van der Waals surface area contributed by atoms with Crippen LogP contribution in [0, 0.1) is 0 Å². The zero-order chi connectivity index (χ0) is 12.7. The molecule has 1 aliphatic rings. The summed E-state index contributed by atoms with van der Waals surface area (Å²) in [6.07, 6.45) is 5.92. The first kappa shape index (κ1) is 17.1. The quantitative estimate of drug-likeness (QED) is 0.755. The lowest BCUT2D eigenvalue weighted by Crippen LogP contribution is -2.10. The van der Waals surface area contributed by atoms with Crippen molar-refractivity contribution in [3.8, 4) is 0 Å². The molecule has 0 amide bonds. The molecule has 2 heteroatoms. The molecule has 1 aliphatic carbocycles. The monoisotopic (exact) mass is 252 g/mol. The summed E-state index contributed by atoms with van der Waals surface area (Å²) in [4.78, 5) is 0. The predicted molar refractivity (Wildman–Crippen MR) is 77.8 cm³/mol. The zero-order valence-electron chi connectivity index (χ0n) is 11.9. The number of aliphatic hydroxyl groups excluding tert-OH is 1. The Labute approximate surface area is 111 Å². The normalized spacial score (nSPS) is 16.2. The van der Waals surface area contributed by atoms with E-state index in [1.54, 1.807) is 0 Å². The van der Waals surface area contributed by atoms with Gasteiger partial charge < -0.3 is 10.6 Å². The van der Waals surface area contributed by atoms with Gasteiger partial charge in [0.2, 0.25) is 0 Å². The van der Waals surface area contributed by atoms with Gasteiger partial charge in [0.05, 0.1) is 6.10 Å². The van der Waals surface area contributed by atoms with Crippen molar-refractivity contribution in [2.45, 2.75) is 64.4 Å². The van der Waals surface area contributed by atoms with Crippen molar-refractivity contribution < 1.29 is 10.6 Å². The molecule has 1 saturated carbocycles. The molecule has 0 unspecified atom stereocenters. The van der Waals surface area contributed by atoms with E-state index in [4.69, 9.17) is 5.11 Å². The Hall–Kier alpha value is -0.860. The van der Waals surface area contributed by atoms with E-state index in [2.05, 4.69) is 51.1 Å². The van der Waals surface area contributed by atoms with Crippen LogP contribution in [0.5, 0.6) is 0 Å². The van der Waals surface area contributed by atoms with Gasteiger partial charge in [0.25, 0.3) is 0 Å². The SMILES string of the molecule is CC(C)(C)c1ccccc1.O.OC1CCCCC1. The molecule has 1 fully saturated rings. The highest BCUT2D eigenvalue weighted by molar-refractivity contribution is 5.21. The van der Waals surface area contributed by atoms with Crippen LogP contribution in [0.4, 0.5) is 0 Å². The van der Waals surface area contributed by atoms with Crippen molar-refractivity contribution >= 4 is 0 Å². The van der Waals surface area contributed by atoms with Crippen LogP contribution in [-0.4, -0.2) is 16.7 Å². The first-order chi connectivity index (χ1) is 8.00. The van der Waals surface area contributed by atoms with Crippen LogP contribution in [0.15, 0.2) is 30.3 Å². The van der Waals surface area contributed by atoms with Crippen molar-refractivity contribution in [3.63, 3.8) is 0 Å². The Bertz CT molecular complexity index is 295. The summed E-state index contributed by atoms with van der Waals surface area (Å²) in [5.41, 5.74) is 1.69. The van der Waals surface area contributed by atoms with E-state index in [0.29, 0.717) is 5.41 Å². The van der Waals surface area contributed by atoms with Gasteiger partial charge in [0.1, 0.15) is 0 Å². The number of hydrogen-bond donors (Lipinski definition) is 1. The minimum Gasteiger partial charge on any atom is -0.412 e. The van der Waals surface area contributed by atoms with Gasteiger partial charge in [0, 0.05) is 0 Å². The Morgan fingerprint density at radius 3 is 1.72 bits per heavy atom. The van der Waals surface area contributed by atoms with Crippen molar-refractivity contribution in [3.05, 3.63) is 35.9 Å². The third-order valence-corrected chi connectivity index (χ3v) is 3.21. The third kappa shape index (κ3) is 6.77. The van der Waals surface area contributed by atoms with Gasteiger partial charge in [-0.25, -0.2) is 0 Å². The largest absolute Gasteiger partial charge is 0.412 e. The zero-order valence-corrected chi connectivity index (χ0v) is 11.9. The van der Waals surface area contributed by atoms with E-state index in [1.165, 1.54) is 24.8 Å². The molecule has 18 heavy (non-hydrogen) atoms. The molecule has 0 saturated heterocycles. The second-order valence-corrected chi connectivity index (χ2v) is 5.91. The average molecular weight is 252 g/mol.